The van der Waals surface area contributed by atoms with Crippen LogP contribution in [0.15, 0.2) is 11.6 Å². The molecule has 8 aliphatic rings. The average Bonchev–Trinajstić information content (AvgIpc) is 3.26. The number of hydrogen-bond donors (Lipinski definition) is 7. The zero-order valence-corrected chi connectivity index (χ0v) is 41.2. The SMILES string of the molecule is CC(=O)O[C@H]1[C@H](O[C@@H]2[C@@H](O)[C@H](C)O[C@@H](O[C@H]3[C@H](O[C@H]4CC[C@@]5(C)[C@@H](CC[C@]6(C)[C@@H]5CC=C5[C@@H]7CC(C)(C)CC[C@]7(C(=O)O)CC[C@]56C)[C@]4(C)CO)OC[C@H](O)[C@@H]3O)[C@@H]2O)OC[C@@H](OC(C)=O)[C@@H]1O. The summed E-state index contributed by atoms with van der Waals surface area (Å²) in [5.74, 6) is -1.93. The van der Waals surface area contributed by atoms with Crippen LogP contribution in [0.25, 0.3) is 0 Å². The van der Waals surface area contributed by atoms with Crippen LogP contribution in [0, 0.1) is 50.2 Å². The highest BCUT2D eigenvalue weighted by atomic mass is 16.8. The lowest BCUT2D eigenvalue weighted by Gasteiger charge is -2.71. The van der Waals surface area contributed by atoms with E-state index in [0.717, 1.165) is 58.8 Å². The number of aliphatic hydroxyl groups is 6. The molecule has 3 aliphatic heterocycles. The molecule has 0 unspecified atom stereocenters. The number of hydrogen-bond acceptors (Lipinski definition) is 17. The van der Waals surface area contributed by atoms with Crippen LogP contribution in [0.4, 0.5) is 0 Å². The van der Waals surface area contributed by atoms with Gasteiger partial charge in [-0.05, 0) is 111 Å². The Kier molecular flexibility index (Phi) is 14.2. The van der Waals surface area contributed by atoms with Crippen LogP contribution in [0.2, 0.25) is 0 Å². The minimum absolute atomic E-state index is 0.00775. The van der Waals surface area contributed by atoms with Gasteiger partial charge in [-0.1, -0.05) is 53.2 Å². The molecule has 5 aliphatic carbocycles. The lowest BCUT2D eigenvalue weighted by Crippen LogP contribution is -2.67. The summed E-state index contributed by atoms with van der Waals surface area (Å²) >= 11 is 0. The number of esters is 2. The predicted octanol–water partition coefficient (Wildman–Crippen LogP) is 3.13. The smallest absolute Gasteiger partial charge is 0.310 e. The second kappa shape index (κ2) is 18.6. The topological polar surface area (TPSA) is 267 Å². The minimum atomic E-state index is -1.80. The van der Waals surface area contributed by atoms with Crippen molar-refractivity contribution in [3.05, 3.63) is 11.6 Å². The third-order valence-corrected chi connectivity index (χ3v) is 19.3. The van der Waals surface area contributed by atoms with Gasteiger partial charge < -0.3 is 73.6 Å². The Morgan fingerprint density at radius 3 is 2.01 bits per heavy atom. The molecule has 7 N–H and O–H groups in total. The van der Waals surface area contributed by atoms with Crippen molar-refractivity contribution in [2.24, 2.45) is 50.2 Å². The van der Waals surface area contributed by atoms with Gasteiger partial charge in [0.05, 0.1) is 37.4 Å². The predicted molar refractivity (Wildman–Crippen MR) is 238 cm³/mol. The number of rotatable bonds is 10. The Balaban J connectivity index is 1.01. The molecule has 3 saturated heterocycles. The van der Waals surface area contributed by atoms with E-state index in [1.165, 1.54) is 12.5 Å². The second-order valence-electron chi connectivity index (χ2n) is 23.6. The van der Waals surface area contributed by atoms with E-state index in [2.05, 4.69) is 40.7 Å². The van der Waals surface area contributed by atoms with Gasteiger partial charge in [0.1, 0.15) is 42.7 Å². The first kappa shape index (κ1) is 52.0. The Hall–Kier alpha value is -2.33. The van der Waals surface area contributed by atoms with E-state index < -0.39 is 115 Å². The van der Waals surface area contributed by atoms with Gasteiger partial charge in [-0.3, -0.25) is 14.4 Å². The lowest BCUT2D eigenvalue weighted by molar-refractivity contribution is -0.379. The van der Waals surface area contributed by atoms with Crippen LogP contribution in [-0.2, 0) is 52.3 Å². The third kappa shape index (κ3) is 8.49. The average molecular weight is 967 g/mol. The number of carbonyl (C=O) groups is 3. The summed E-state index contributed by atoms with van der Waals surface area (Å²) in [5.41, 5.74) is -0.647. The van der Waals surface area contributed by atoms with E-state index in [4.69, 9.17) is 37.9 Å². The molecular weight excluding hydrogens is 889 g/mol. The maximum Gasteiger partial charge on any atom is 0.310 e. The third-order valence-electron chi connectivity index (χ3n) is 19.3. The van der Waals surface area contributed by atoms with E-state index in [0.29, 0.717) is 19.3 Å². The van der Waals surface area contributed by atoms with E-state index >= 15 is 0 Å². The summed E-state index contributed by atoms with van der Waals surface area (Å²) in [7, 11) is 0. The Labute approximate surface area is 399 Å². The fraction of sp³-hybridized carbons (Fsp3) is 0.900. The Morgan fingerprint density at radius 1 is 0.706 bits per heavy atom. The summed E-state index contributed by atoms with van der Waals surface area (Å²) < 4.78 is 47.2. The molecule has 0 radical (unpaired) electrons. The minimum Gasteiger partial charge on any atom is -0.481 e. The number of aliphatic carboxylic acids is 1. The molecule has 4 saturated carbocycles. The van der Waals surface area contributed by atoms with Crippen LogP contribution in [0.1, 0.15) is 127 Å². The summed E-state index contributed by atoms with van der Waals surface area (Å²) in [6, 6.07) is 0. The summed E-state index contributed by atoms with van der Waals surface area (Å²) in [6.45, 7) is 16.7. The number of fused-ring (bicyclic) bond motifs is 7. The molecule has 0 aromatic rings. The normalized spacial score (nSPS) is 51.1. The van der Waals surface area contributed by atoms with E-state index in [9.17, 15) is 50.1 Å². The van der Waals surface area contributed by atoms with Gasteiger partial charge in [0.25, 0.3) is 0 Å². The summed E-state index contributed by atoms with van der Waals surface area (Å²) in [6.07, 6.45) is -9.55. The van der Waals surface area contributed by atoms with Crippen molar-refractivity contribution < 1.29 is 88.0 Å². The van der Waals surface area contributed by atoms with Gasteiger partial charge in [-0.25, -0.2) is 0 Å². The number of carbonyl (C=O) groups excluding carboxylic acids is 2. The largest absolute Gasteiger partial charge is 0.481 e. The zero-order chi connectivity index (χ0) is 49.7. The Morgan fingerprint density at radius 2 is 1.35 bits per heavy atom. The van der Waals surface area contributed by atoms with E-state index in [1.807, 2.05) is 6.92 Å². The first-order valence-corrected chi connectivity index (χ1v) is 24.9. The van der Waals surface area contributed by atoms with Crippen molar-refractivity contribution >= 4 is 17.9 Å². The molecule has 3 heterocycles. The van der Waals surface area contributed by atoms with Crippen LogP contribution >= 0.6 is 0 Å². The van der Waals surface area contributed by atoms with Crippen LogP contribution in [0.3, 0.4) is 0 Å². The fourth-order valence-corrected chi connectivity index (χ4v) is 15.1. The zero-order valence-electron chi connectivity index (χ0n) is 41.2. The first-order chi connectivity index (χ1) is 31.8. The van der Waals surface area contributed by atoms with Crippen molar-refractivity contribution in [3.63, 3.8) is 0 Å². The van der Waals surface area contributed by atoms with Crippen molar-refractivity contribution in [2.45, 2.75) is 213 Å². The number of ether oxygens (including phenoxy) is 8. The van der Waals surface area contributed by atoms with Crippen LogP contribution in [-0.4, -0.2) is 159 Å². The van der Waals surface area contributed by atoms with Gasteiger partial charge in [0, 0.05) is 19.3 Å². The van der Waals surface area contributed by atoms with Crippen LogP contribution in [0.5, 0.6) is 0 Å². The van der Waals surface area contributed by atoms with Gasteiger partial charge in [0.15, 0.2) is 31.1 Å². The molecule has 7 fully saturated rings. The van der Waals surface area contributed by atoms with Gasteiger partial charge >= 0.3 is 17.9 Å². The fourth-order valence-electron chi connectivity index (χ4n) is 15.1. The monoisotopic (exact) mass is 967 g/mol. The molecule has 0 aromatic carbocycles. The maximum atomic E-state index is 13.2. The maximum absolute atomic E-state index is 13.2. The Bertz CT molecular complexity index is 1930. The standard InChI is InChI=1S/C50H78O18/c1-24-34(55)38(67-43-40(65-26(3)53)36(57)30(22-62-43)64-25(2)52)37(58)41(63-24)68-39-35(56)29(54)21-61-42(39)66-33-13-14-46(6)31(47(33,7)23-51)12-15-49(9)32(46)11-10-27-28-20-45(4,5)16-18-50(28,44(59)60)19-17-48(27,49)8/h10,24,28-43,51,54-58H,11-23H2,1-9H3,(H,59,60)/t24-,28-,29-,30+,31+,32+,33-,34-,35-,36-,37+,38+,39+,40+,41-,42-,43-,46-,47-,48+,49+,50-/m0/s1. The second-order valence-corrected chi connectivity index (χ2v) is 23.6. The molecule has 0 aromatic heterocycles. The van der Waals surface area contributed by atoms with Crippen LogP contribution < -0.4 is 0 Å². The summed E-state index contributed by atoms with van der Waals surface area (Å²) in [5, 5.41) is 78.6. The molecule has 18 heteroatoms. The highest BCUT2D eigenvalue weighted by Crippen LogP contribution is 2.76. The van der Waals surface area contributed by atoms with E-state index in [1.54, 1.807) is 0 Å². The highest BCUT2D eigenvalue weighted by Gasteiger charge is 2.70. The molecular formula is C50H78O18. The van der Waals surface area contributed by atoms with Crippen molar-refractivity contribution in [1.82, 2.24) is 0 Å². The molecule has 18 nitrogen and oxygen atoms in total. The number of allylic oxidation sites excluding steroid dienone is 2. The number of carboxylic acid groups (broad SMARTS) is 1. The van der Waals surface area contributed by atoms with Crippen molar-refractivity contribution in [1.29, 1.82) is 0 Å². The molecule has 0 spiro atoms. The number of carboxylic acids is 1. The first-order valence-electron chi connectivity index (χ1n) is 24.9. The lowest BCUT2D eigenvalue weighted by atomic mass is 9.33. The molecule has 386 valence electrons. The van der Waals surface area contributed by atoms with Gasteiger partial charge in [-0.2, -0.15) is 0 Å². The number of aliphatic hydroxyl groups excluding tert-OH is 6. The molecule has 22 atom stereocenters. The van der Waals surface area contributed by atoms with E-state index in [-0.39, 0.29) is 59.2 Å². The van der Waals surface area contributed by atoms with Crippen molar-refractivity contribution in [2.75, 3.05) is 19.8 Å². The van der Waals surface area contributed by atoms with Gasteiger partial charge in [-0.15, -0.1) is 0 Å². The molecule has 0 bridgehead atoms. The van der Waals surface area contributed by atoms with Crippen molar-refractivity contribution in [3.8, 4) is 0 Å². The molecule has 0 amide bonds. The summed E-state index contributed by atoms with van der Waals surface area (Å²) in [4.78, 5) is 36.9. The molecule has 8 rings (SSSR count). The van der Waals surface area contributed by atoms with Gasteiger partial charge in [0.2, 0.25) is 0 Å². The quantitative estimate of drug-likeness (QED) is 0.0942. The highest BCUT2D eigenvalue weighted by molar-refractivity contribution is 5.76. The molecule has 68 heavy (non-hydrogen) atoms.